The minimum atomic E-state index is -0.152. The molecule has 1 fully saturated rings. The molecule has 1 saturated carbocycles. The summed E-state index contributed by atoms with van der Waals surface area (Å²) in [5.74, 6) is 1.17. The first kappa shape index (κ1) is 20.2. The molecule has 0 saturated heterocycles. The largest absolute Gasteiger partial charge is 0.497 e. The second kappa shape index (κ2) is 9.17. The molecule has 2 N–H and O–H groups in total. The lowest BCUT2D eigenvalue weighted by atomic mass is 9.93. The first-order chi connectivity index (χ1) is 14.6. The third-order valence-corrected chi connectivity index (χ3v) is 5.41. The summed E-state index contributed by atoms with van der Waals surface area (Å²) < 4.78 is 11.2. The van der Waals surface area contributed by atoms with Crippen molar-refractivity contribution in [3.63, 3.8) is 0 Å². The van der Waals surface area contributed by atoms with Gasteiger partial charge in [-0.15, -0.1) is 0 Å². The van der Waals surface area contributed by atoms with Crippen LogP contribution in [0.5, 0.6) is 11.6 Å². The van der Waals surface area contributed by atoms with E-state index in [-0.39, 0.29) is 18.1 Å². The number of hydrogen-bond donors (Lipinski definition) is 2. The number of hydrogen-bond acceptors (Lipinski definition) is 5. The zero-order valence-corrected chi connectivity index (χ0v) is 17.4. The average molecular weight is 427 g/mol. The first-order valence-corrected chi connectivity index (χ1v) is 10.3. The molecule has 2 aromatic heterocycles. The fourth-order valence-electron chi connectivity index (χ4n) is 3.56. The number of aromatic nitrogens is 3. The van der Waals surface area contributed by atoms with Crippen LogP contribution in [0.25, 0.3) is 11.3 Å². The highest BCUT2D eigenvalue weighted by Crippen LogP contribution is 2.25. The molecule has 2 heterocycles. The van der Waals surface area contributed by atoms with Crippen LogP contribution in [0.4, 0.5) is 0 Å². The maximum Gasteiger partial charge on any atom is 0.269 e. The molecule has 1 aliphatic rings. The van der Waals surface area contributed by atoms with Crippen molar-refractivity contribution in [3.8, 4) is 22.9 Å². The summed E-state index contributed by atoms with van der Waals surface area (Å²) in [6, 6.07) is 13.0. The summed E-state index contributed by atoms with van der Waals surface area (Å²) in [6.45, 7) is 0. The van der Waals surface area contributed by atoms with Gasteiger partial charge in [-0.1, -0.05) is 23.7 Å². The molecule has 7 nitrogen and oxygen atoms in total. The van der Waals surface area contributed by atoms with Gasteiger partial charge in [0.05, 0.1) is 17.8 Å². The van der Waals surface area contributed by atoms with Crippen LogP contribution in [0.3, 0.4) is 0 Å². The maximum atomic E-state index is 12.6. The maximum absolute atomic E-state index is 12.6. The van der Waals surface area contributed by atoms with E-state index in [0.717, 1.165) is 37.0 Å². The Labute approximate surface area is 179 Å². The number of carbonyl (C=O) groups is 1. The number of H-pyrrole nitrogens is 1. The molecule has 156 valence electrons. The standard InChI is InChI=1S/C22H23ClN4O3/c1-29-18-4-2-3-14(11-18)19-12-20(27-26-19)22(28)25-16-6-8-17(9-7-16)30-21-10-5-15(23)13-24-21/h2-5,10-13,16-17H,6-9H2,1H3,(H,25,28)(H,26,27). The molecule has 0 atom stereocenters. The number of pyridine rings is 1. The highest BCUT2D eigenvalue weighted by Gasteiger charge is 2.25. The van der Waals surface area contributed by atoms with Gasteiger partial charge in [0.15, 0.2) is 0 Å². The van der Waals surface area contributed by atoms with Crippen LogP contribution in [0, 0.1) is 0 Å². The van der Waals surface area contributed by atoms with Crippen molar-refractivity contribution in [1.29, 1.82) is 0 Å². The predicted octanol–water partition coefficient (Wildman–Crippen LogP) is 4.25. The number of amides is 1. The molecule has 30 heavy (non-hydrogen) atoms. The van der Waals surface area contributed by atoms with E-state index in [0.29, 0.717) is 22.3 Å². The zero-order valence-electron chi connectivity index (χ0n) is 16.6. The van der Waals surface area contributed by atoms with Gasteiger partial charge in [-0.05, 0) is 49.9 Å². The normalized spacial score (nSPS) is 18.6. The molecule has 3 aromatic rings. The number of ether oxygens (including phenoxy) is 2. The van der Waals surface area contributed by atoms with Gasteiger partial charge in [-0.2, -0.15) is 5.10 Å². The molecule has 0 unspecified atom stereocenters. The summed E-state index contributed by atoms with van der Waals surface area (Å²) in [4.78, 5) is 16.8. The van der Waals surface area contributed by atoms with Gasteiger partial charge >= 0.3 is 0 Å². The monoisotopic (exact) mass is 426 g/mol. The van der Waals surface area contributed by atoms with Crippen molar-refractivity contribution in [2.75, 3.05) is 7.11 Å². The second-order valence-electron chi connectivity index (χ2n) is 7.28. The smallest absolute Gasteiger partial charge is 0.269 e. The molecule has 0 spiro atoms. The van der Waals surface area contributed by atoms with Crippen LogP contribution in [0.1, 0.15) is 36.2 Å². The van der Waals surface area contributed by atoms with Crippen molar-refractivity contribution in [3.05, 3.63) is 59.4 Å². The Morgan fingerprint density at radius 1 is 1.17 bits per heavy atom. The summed E-state index contributed by atoms with van der Waals surface area (Å²) in [7, 11) is 1.62. The van der Waals surface area contributed by atoms with Gasteiger partial charge in [0.25, 0.3) is 5.91 Å². The highest BCUT2D eigenvalue weighted by atomic mass is 35.5. The number of nitrogens with zero attached hydrogens (tertiary/aromatic N) is 2. The lowest BCUT2D eigenvalue weighted by Gasteiger charge is -2.29. The number of rotatable bonds is 6. The Kier molecular flexibility index (Phi) is 6.18. The van der Waals surface area contributed by atoms with Crippen LogP contribution in [-0.4, -0.2) is 40.3 Å². The van der Waals surface area contributed by atoms with Crippen molar-refractivity contribution >= 4 is 17.5 Å². The molecule has 4 rings (SSSR count). The SMILES string of the molecule is COc1cccc(-c2cc(C(=O)NC3CCC(Oc4ccc(Cl)cn4)CC3)[nH]n2)c1. The van der Waals surface area contributed by atoms with Crippen molar-refractivity contribution in [2.45, 2.75) is 37.8 Å². The number of methoxy groups -OCH3 is 1. The Morgan fingerprint density at radius 3 is 2.73 bits per heavy atom. The fourth-order valence-corrected chi connectivity index (χ4v) is 3.67. The van der Waals surface area contributed by atoms with Crippen LogP contribution in [0.15, 0.2) is 48.7 Å². The van der Waals surface area contributed by atoms with Gasteiger partial charge in [-0.25, -0.2) is 4.98 Å². The minimum Gasteiger partial charge on any atom is -0.497 e. The summed E-state index contributed by atoms with van der Waals surface area (Å²) >= 11 is 5.85. The van der Waals surface area contributed by atoms with E-state index < -0.39 is 0 Å². The molecular formula is C22H23ClN4O3. The molecule has 0 radical (unpaired) electrons. The lowest BCUT2D eigenvalue weighted by Crippen LogP contribution is -2.39. The van der Waals surface area contributed by atoms with Crippen LogP contribution >= 0.6 is 11.6 Å². The second-order valence-corrected chi connectivity index (χ2v) is 7.71. The van der Waals surface area contributed by atoms with Crippen molar-refractivity contribution < 1.29 is 14.3 Å². The Bertz CT molecular complexity index is 998. The molecule has 1 aliphatic carbocycles. The number of carbonyl (C=O) groups excluding carboxylic acids is 1. The zero-order chi connectivity index (χ0) is 20.9. The minimum absolute atomic E-state index is 0.0960. The third kappa shape index (κ3) is 4.91. The summed E-state index contributed by atoms with van der Waals surface area (Å²) in [6.07, 6.45) is 5.08. The lowest BCUT2D eigenvalue weighted by molar-refractivity contribution is 0.0885. The quantitative estimate of drug-likeness (QED) is 0.615. The molecule has 1 aromatic carbocycles. The number of nitrogens with one attached hydrogen (secondary N) is 2. The van der Waals surface area contributed by atoms with Gasteiger partial charge in [0.1, 0.15) is 17.5 Å². The van der Waals surface area contributed by atoms with Crippen molar-refractivity contribution in [1.82, 2.24) is 20.5 Å². The summed E-state index contributed by atoms with van der Waals surface area (Å²) in [5, 5.41) is 10.8. The molecular weight excluding hydrogens is 404 g/mol. The van der Waals surface area contributed by atoms with E-state index in [4.69, 9.17) is 21.1 Å². The van der Waals surface area contributed by atoms with E-state index in [2.05, 4.69) is 20.5 Å². The Morgan fingerprint density at radius 2 is 2.00 bits per heavy atom. The summed E-state index contributed by atoms with van der Waals surface area (Å²) in [5.41, 5.74) is 2.03. The molecule has 0 aliphatic heterocycles. The van der Waals surface area contributed by atoms with Gasteiger partial charge in [-0.3, -0.25) is 9.89 Å². The number of aromatic amines is 1. The fraction of sp³-hybridized carbons (Fsp3) is 0.318. The van der Waals surface area contributed by atoms with E-state index in [1.807, 2.05) is 24.3 Å². The van der Waals surface area contributed by atoms with E-state index >= 15 is 0 Å². The van der Waals surface area contributed by atoms with Gasteiger partial charge in [0, 0.05) is 23.9 Å². The van der Waals surface area contributed by atoms with E-state index in [1.54, 1.807) is 31.5 Å². The van der Waals surface area contributed by atoms with Crippen LogP contribution in [-0.2, 0) is 0 Å². The average Bonchev–Trinajstić information content (AvgIpc) is 3.27. The Balaban J connectivity index is 1.30. The van der Waals surface area contributed by atoms with E-state index in [1.165, 1.54) is 0 Å². The topological polar surface area (TPSA) is 89.1 Å². The number of benzene rings is 1. The third-order valence-electron chi connectivity index (χ3n) is 5.19. The van der Waals surface area contributed by atoms with E-state index in [9.17, 15) is 4.79 Å². The molecule has 8 heteroatoms. The van der Waals surface area contributed by atoms with Crippen molar-refractivity contribution in [2.24, 2.45) is 0 Å². The Hall–Kier alpha value is -3.06. The van der Waals surface area contributed by atoms with Gasteiger partial charge < -0.3 is 14.8 Å². The molecule has 1 amide bonds. The highest BCUT2D eigenvalue weighted by molar-refractivity contribution is 6.30. The number of halogens is 1. The first-order valence-electron chi connectivity index (χ1n) is 9.89. The van der Waals surface area contributed by atoms with Crippen LogP contribution < -0.4 is 14.8 Å². The molecule has 0 bridgehead atoms. The van der Waals surface area contributed by atoms with Gasteiger partial charge in [0.2, 0.25) is 5.88 Å². The predicted molar refractivity (Wildman–Crippen MR) is 114 cm³/mol. The van der Waals surface area contributed by atoms with Crippen LogP contribution in [0.2, 0.25) is 5.02 Å².